The van der Waals surface area contributed by atoms with E-state index in [2.05, 4.69) is 0 Å². The molecule has 0 rings (SSSR count). The number of hydrogen-bond acceptors (Lipinski definition) is 0. The molecule has 2 heteroatoms. The lowest BCUT2D eigenvalue weighted by Crippen LogP contribution is -1.98. The standard InChI is InChI=1S/C6H10F2/c1-2-3-4-6(8)5-7/h2-3,6H,4-5H2,1H3. The first-order chi connectivity index (χ1) is 3.81. The summed E-state index contributed by atoms with van der Waals surface area (Å²) in [5, 5.41) is 0. The molecule has 0 bridgehead atoms. The number of rotatable bonds is 3. The summed E-state index contributed by atoms with van der Waals surface area (Å²) in [4.78, 5) is 0. The van der Waals surface area contributed by atoms with Crippen molar-refractivity contribution >= 4 is 0 Å². The average molecular weight is 120 g/mol. The van der Waals surface area contributed by atoms with E-state index in [-0.39, 0.29) is 6.42 Å². The SMILES string of the molecule is CC=CCC(F)CF. The van der Waals surface area contributed by atoms with Gasteiger partial charge < -0.3 is 0 Å². The van der Waals surface area contributed by atoms with Gasteiger partial charge in [-0.3, -0.25) is 0 Å². The van der Waals surface area contributed by atoms with Crippen LogP contribution in [-0.2, 0) is 0 Å². The van der Waals surface area contributed by atoms with Crippen molar-refractivity contribution in [1.29, 1.82) is 0 Å². The van der Waals surface area contributed by atoms with Crippen molar-refractivity contribution in [3.8, 4) is 0 Å². The van der Waals surface area contributed by atoms with Gasteiger partial charge in [0.25, 0.3) is 0 Å². The Morgan fingerprint density at radius 1 is 1.62 bits per heavy atom. The van der Waals surface area contributed by atoms with Crippen LogP contribution in [0.1, 0.15) is 13.3 Å². The molecule has 0 N–H and O–H groups in total. The van der Waals surface area contributed by atoms with Crippen LogP contribution in [0.15, 0.2) is 12.2 Å². The fourth-order valence-electron chi connectivity index (χ4n) is 0.347. The Labute approximate surface area is 48.2 Å². The molecule has 0 aliphatic rings. The highest BCUT2D eigenvalue weighted by Gasteiger charge is 1.99. The van der Waals surface area contributed by atoms with Gasteiger partial charge in [-0.1, -0.05) is 12.2 Å². The molecule has 0 aromatic rings. The molecule has 0 saturated carbocycles. The van der Waals surface area contributed by atoms with Crippen molar-refractivity contribution < 1.29 is 8.78 Å². The molecule has 0 aliphatic heterocycles. The highest BCUT2D eigenvalue weighted by atomic mass is 19.2. The maximum absolute atomic E-state index is 11.9. The lowest BCUT2D eigenvalue weighted by atomic mass is 10.3. The van der Waals surface area contributed by atoms with Gasteiger partial charge in [-0.05, 0) is 13.3 Å². The smallest absolute Gasteiger partial charge is 0.132 e. The topological polar surface area (TPSA) is 0 Å². The van der Waals surface area contributed by atoms with Gasteiger partial charge in [-0.25, -0.2) is 8.78 Å². The van der Waals surface area contributed by atoms with E-state index in [1.807, 2.05) is 0 Å². The van der Waals surface area contributed by atoms with Gasteiger partial charge in [-0.15, -0.1) is 0 Å². The van der Waals surface area contributed by atoms with Crippen LogP contribution in [0.4, 0.5) is 8.78 Å². The third-order valence-corrected chi connectivity index (χ3v) is 0.795. The normalized spacial score (nSPS) is 14.9. The predicted molar refractivity (Wildman–Crippen MR) is 30.3 cm³/mol. The summed E-state index contributed by atoms with van der Waals surface area (Å²) >= 11 is 0. The molecule has 0 aromatic heterocycles. The average Bonchev–Trinajstić information content (AvgIpc) is 1.83. The molecular formula is C6H10F2. The first kappa shape index (κ1) is 7.60. The molecule has 0 radical (unpaired) electrons. The Bertz CT molecular complexity index is 68.9. The second-order valence-corrected chi connectivity index (χ2v) is 1.56. The monoisotopic (exact) mass is 120 g/mol. The van der Waals surface area contributed by atoms with Crippen LogP contribution in [0.2, 0.25) is 0 Å². The molecule has 0 saturated heterocycles. The molecule has 1 unspecified atom stereocenters. The van der Waals surface area contributed by atoms with Gasteiger partial charge >= 0.3 is 0 Å². The third-order valence-electron chi connectivity index (χ3n) is 0.795. The van der Waals surface area contributed by atoms with Crippen LogP contribution < -0.4 is 0 Å². The summed E-state index contributed by atoms with van der Waals surface area (Å²) in [7, 11) is 0. The largest absolute Gasteiger partial charge is 0.248 e. The van der Waals surface area contributed by atoms with Gasteiger partial charge in [0.2, 0.25) is 0 Å². The van der Waals surface area contributed by atoms with Crippen molar-refractivity contribution in [3.63, 3.8) is 0 Å². The fraction of sp³-hybridized carbons (Fsp3) is 0.667. The quantitative estimate of drug-likeness (QED) is 0.501. The summed E-state index contributed by atoms with van der Waals surface area (Å²) in [5.41, 5.74) is 0. The minimum atomic E-state index is -1.30. The van der Waals surface area contributed by atoms with Gasteiger partial charge in [0.1, 0.15) is 12.8 Å². The maximum Gasteiger partial charge on any atom is 0.132 e. The van der Waals surface area contributed by atoms with Crippen LogP contribution in [-0.4, -0.2) is 12.8 Å². The highest BCUT2D eigenvalue weighted by Crippen LogP contribution is 1.98. The van der Waals surface area contributed by atoms with Crippen LogP contribution in [0.25, 0.3) is 0 Å². The molecule has 0 fully saturated rings. The number of alkyl halides is 2. The predicted octanol–water partition coefficient (Wildman–Crippen LogP) is 2.26. The first-order valence-electron chi connectivity index (χ1n) is 2.62. The fourth-order valence-corrected chi connectivity index (χ4v) is 0.347. The Balaban J connectivity index is 3.10. The van der Waals surface area contributed by atoms with Crippen molar-refractivity contribution in [3.05, 3.63) is 12.2 Å². The first-order valence-corrected chi connectivity index (χ1v) is 2.62. The summed E-state index contributed by atoms with van der Waals surface area (Å²) < 4.78 is 23.2. The molecule has 0 amide bonds. The number of halogens is 2. The van der Waals surface area contributed by atoms with E-state index in [1.54, 1.807) is 19.1 Å². The molecule has 0 aliphatic carbocycles. The zero-order valence-electron chi connectivity index (χ0n) is 4.90. The van der Waals surface area contributed by atoms with E-state index >= 15 is 0 Å². The van der Waals surface area contributed by atoms with Crippen LogP contribution in [0.5, 0.6) is 0 Å². The second kappa shape index (κ2) is 4.75. The minimum Gasteiger partial charge on any atom is -0.248 e. The summed E-state index contributed by atoms with van der Waals surface area (Å²) in [6, 6.07) is 0. The van der Waals surface area contributed by atoms with Crippen molar-refractivity contribution in [2.45, 2.75) is 19.5 Å². The summed E-state index contributed by atoms with van der Waals surface area (Å²) in [6.07, 6.45) is 2.23. The lowest BCUT2D eigenvalue weighted by Gasteiger charge is -1.94. The van der Waals surface area contributed by atoms with Gasteiger partial charge in [0.15, 0.2) is 0 Å². The zero-order valence-corrected chi connectivity index (χ0v) is 4.90. The van der Waals surface area contributed by atoms with E-state index in [1.165, 1.54) is 0 Å². The van der Waals surface area contributed by atoms with Gasteiger partial charge in [-0.2, -0.15) is 0 Å². The molecule has 1 atom stereocenters. The molecule has 8 heavy (non-hydrogen) atoms. The zero-order chi connectivity index (χ0) is 6.41. The number of allylic oxidation sites excluding steroid dienone is 2. The van der Waals surface area contributed by atoms with Gasteiger partial charge in [0.05, 0.1) is 0 Å². The van der Waals surface area contributed by atoms with Crippen LogP contribution >= 0.6 is 0 Å². The minimum absolute atomic E-state index is 0.201. The molecular weight excluding hydrogens is 110 g/mol. The maximum atomic E-state index is 11.9. The van der Waals surface area contributed by atoms with Crippen molar-refractivity contribution in [2.75, 3.05) is 6.67 Å². The van der Waals surface area contributed by atoms with Crippen molar-refractivity contribution in [2.24, 2.45) is 0 Å². The Kier molecular flexibility index (Phi) is 4.51. The summed E-state index contributed by atoms with van der Waals surface area (Å²) in [6.45, 7) is 0.912. The number of hydrogen-bond donors (Lipinski definition) is 0. The Hall–Kier alpha value is -0.400. The third kappa shape index (κ3) is 3.78. The molecule has 0 aromatic carbocycles. The molecule has 48 valence electrons. The van der Waals surface area contributed by atoms with E-state index in [0.29, 0.717) is 0 Å². The van der Waals surface area contributed by atoms with E-state index in [4.69, 9.17) is 0 Å². The van der Waals surface area contributed by atoms with E-state index < -0.39 is 12.8 Å². The van der Waals surface area contributed by atoms with E-state index in [9.17, 15) is 8.78 Å². The van der Waals surface area contributed by atoms with Crippen LogP contribution in [0.3, 0.4) is 0 Å². The Morgan fingerprint density at radius 2 is 2.25 bits per heavy atom. The van der Waals surface area contributed by atoms with Crippen LogP contribution in [0, 0.1) is 0 Å². The molecule has 0 heterocycles. The highest BCUT2D eigenvalue weighted by molar-refractivity contribution is 4.79. The Morgan fingerprint density at radius 3 is 2.62 bits per heavy atom. The van der Waals surface area contributed by atoms with Gasteiger partial charge in [0, 0.05) is 0 Å². The molecule has 0 spiro atoms. The second-order valence-electron chi connectivity index (χ2n) is 1.56. The summed E-state index contributed by atoms with van der Waals surface area (Å²) in [5.74, 6) is 0. The van der Waals surface area contributed by atoms with E-state index in [0.717, 1.165) is 0 Å². The lowest BCUT2D eigenvalue weighted by molar-refractivity contribution is 0.263. The van der Waals surface area contributed by atoms with Crippen molar-refractivity contribution in [1.82, 2.24) is 0 Å². The molecule has 0 nitrogen and oxygen atoms in total.